The number of carbonyl (C=O) groups is 4. The Morgan fingerprint density at radius 2 is 1.70 bits per heavy atom. The Labute approximate surface area is 276 Å². The zero-order valence-electron chi connectivity index (χ0n) is 25.4. The van der Waals surface area contributed by atoms with Crippen LogP contribution in [0.25, 0.3) is 0 Å². The fourth-order valence-electron chi connectivity index (χ4n) is 5.25. The number of carbonyl (C=O) groups excluding carboxylic acids is 3. The number of hydrogen-bond donors (Lipinski definition) is 3. The molecule has 0 spiro atoms. The first kappa shape index (κ1) is 32.9. The number of ether oxygens (including phenoxy) is 1. The van der Waals surface area contributed by atoms with Crippen LogP contribution in [0, 0.1) is 0 Å². The molecule has 46 heavy (non-hydrogen) atoms. The van der Waals surface area contributed by atoms with E-state index >= 15 is 0 Å². The van der Waals surface area contributed by atoms with E-state index in [1.54, 1.807) is 25.1 Å². The molecule has 0 fully saturated rings. The molecular weight excluding hydrogens is 623 g/mol. The molecule has 2 amide bonds. The lowest BCUT2D eigenvalue weighted by atomic mass is 10.0. The highest BCUT2D eigenvalue weighted by molar-refractivity contribution is 8.00. The number of nitrogens with one attached hydrogen (secondary N) is 2. The molecule has 1 unspecified atom stereocenters. The van der Waals surface area contributed by atoms with Gasteiger partial charge in [0.1, 0.15) is 10.3 Å². The number of esters is 1. The number of nitrogens with zero attached hydrogens (tertiary/aromatic N) is 1. The number of amides is 2. The van der Waals surface area contributed by atoms with E-state index in [-0.39, 0.29) is 25.4 Å². The van der Waals surface area contributed by atoms with Crippen molar-refractivity contribution in [2.24, 2.45) is 0 Å². The van der Waals surface area contributed by atoms with Crippen molar-refractivity contribution in [2.45, 2.75) is 49.4 Å². The van der Waals surface area contributed by atoms with Crippen LogP contribution in [-0.4, -0.2) is 46.9 Å². The Bertz CT molecular complexity index is 1690. The van der Waals surface area contributed by atoms with E-state index in [4.69, 9.17) is 9.84 Å². The van der Waals surface area contributed by atoms with Crippen LogP contribution in [0.1, 0.15) is 56.9 Å². The van der Waals surface area contributed by atoms with Crippen LogP contribution < -0.4 is 10.6 Å². The van der Waals surface area contributed by atoms with Gasteiger partial charge in [0.25, 0.3) is 0 Å². The molecule has 11 heteroatoms. The van der Waals surface area contributed by atoms with E-state index in [9.17, 15) is 19.2 Å². The number of carboxylic acid groups (broad SMARTS) is 1. The quantitative estimate of drug-likeness (QED) is 0.106. The van der Waals surface area contributed by atoms with Crippen molar-refractivity contribution in [1.29, 1.82) is 0 Å². The minimum Gasteiger partial charge on any atom is -0.481 e. The van der Waals surface area contributed by atoms with Gasteiger partial charge in [-0.1, -0.05) is 66.7 Å². The van der Waals surface area contributed by atoms with Gasteiger partial charge in [-0.05, 0) is 48.2 Å². The second-order valence-electron chi connectivity index (χ2n) is 10.7. The Morgan fingerprint density at radius 1 is 0.957 bits per heavy atom. The monoisotopic (exact) mass is 657 g/mol. The Kier molecular flexibility index (Phi) is 11.2. The summed E-state index contributed by atoms with van der Waals surface area (Å²) < 4.78 is 5.44. The third-order valence-corrected chi connectivity index (χ3v) is 9.76. The molecule has 0 saturated carbocycles. The van der Waals surface area contributed by atoms with E-state index in [0.29, 0.717) is 29.2 Å². The number of anilines is 2. The molecule has 0 radical (unpaired) electrons. The highest BCUT2D eigenvalue weighted by atomic mass is 32.2. The fourth-order valence-corrected chi connectivity index (χ4v) is 7.61. The molecule has 0 bridgehead atoms. The summed E-state index contributed by atoms with van der Waals surface area (Å²) in [7, 11) is 0. The zero-order valence-corrected chi connectivity index (χ0v) is 27.0. The number of rotatable bonds is 13. The predicted molar refractivity (Wildman–Crippen MR) is 180 cm³/mol. The van der Waals surface area contributed by atoms with Gasteiger partial charge in [0.2, 0.25) is 11.8 Å². The number of carboxylic acids is 1. The maximum absolute atomic E-state index is 14.1. The van der Waals surface area contributed by atoms with E-state index in [1.165, 1.54) is 28.7 Å². The minimum absolute atomic E-state index is 0.140. The SMILES string of the molecule is CCOC(=O)c1c(NC(=O)C(Sc2cccc(NC(=O)CCC(=O)O)c2)c2ccccc2)sc2c1CCN(Cc1ccccc1)C2. The predicted octanol–water partition coefficient (Wildman–Crippen LogP) is 6.76. The highest BCUT2D eigenvalue weighted by Gasteiger charge is 2.31. The van der Waals surface area contributed by atoms with Crippen molar-refractivity contribution in [3.63, 3.8) is 0 Å². The molecule has 4 aromatic rings. The number of hydrogen-bond acceptors (Lipinski definition) is 8. The highest BCUT2D eigenvalue weighted by Crippen LogP contribution is 2.41. The van der Waals surface area contributed by atoms with Gasteiger partial charge < -0.3 is 20.5 Å². The lowest BCUT2D eigenvalue weighted by molar-refractivity contribution is -0.138. The second kappa shape index (κ2) is 15.7. The van der Waals surface area contributed by atoms with Crippen molar-refractivity contribution >= 4 is 57.5 Å². The van der Waals surface area contributed by atoms with Crippen molar-refractivity contribution in [3.05, 3.63) is 112 Å². The zero-order chi connectivity index (χ0) is 32.5. The Morgan fingerprint density at radius 3 is 2.41 bits per heavy atom. The first-order chi connectivity index (χ1) is 22.3. The summed E-state index contributed by atoms with van der Waals surface area (Å²) in [6, 6.07) is 26.7. The molecule has 1 aromatic heterocycles. The number of benzene rings is 3. The molecule has 0 saturated heterocycles. The van der Waals surface area contributed by atoms with Gasteiger partial charge in [-0.2, -0.15) is 0 Å². The lowest BCUT2D eigenvalue weighted by Gasteiger charge is -2.27. The number of aliphatic carboxylic acids is 1. The van der Waals surface area contributed by atoms with Gasteiger partial charge in [0.05, 0.1) is 18.6 Å². The molecule has 3 aromatic carbocycles. The molecule has 238 valence electrons. The molecule has 1 atom stereocenters. The number of fused-ring (bicyclic) bond motifs is 1. The largest absolute Gasteiger partial charge is 0.481 e. The average molecular weight is 658 g/mol. The molecule has 1 aliphatic heterocycles. The Hall–Kier alpha value is -4.45. The third kappa shape index (κ3) is 8.63. The fraction of sp³-hybridized carbons (Fsp3) is 0.257. The third-order valence-electron chi connectivity index (χ3n) is 7.38. The maximum Gasteiger partial charge on any atom is 0.341 e. The van der Waals surface area contributed by atoms with Crippen molar-refractivity contribution in [3.8, 4) is 0 Å². The van der Waals surface area contributed by atoms with Crippen LogP contribution in [-0.2, 0) is 38.6 Å². The first-order valence-electron chi connectivity index (χ1n) is 15.0. The van der Waals surface area contributed by atoms with E-state index in [0.717, 1.165) is 34.0 Å². The molecule has 3 N–H and O–H groups in total. The molecule has 9 nitrogen and oxygen atoms in total. The van der Waals surface area contributed by atoms with Gasteiger partial charge in [0.15, 0.2) is 0 Å². The maximum atomic E-state index is 14.1. The topological polar surface area (TPSA) is 125 Å². The van der Waals surface area contributed by atoms with E-state index in [2.05, 4.69) is 27.7 Å². The van der Waals surface area contributed by atoms with Crippen LogP contribution in [0.4, 0.5) is 10.7 Å². The van der Waals surface area contributed by atoms with Crippen LogP contribution >= 0.6 is 23.1 Å². The summed E-state index contributed by atoms with van der Waals surface area (Å²) in [5.74, 6) is -2.18. The smallest absolute Gasteiger partial charge is 0.341 e. The Balaban J connectivity index is 1.38. The molecule has 5 rings (SSSR count). The normalized spacial score (nSPS) is 13.3. The molecule has 2 heterocycles. The van der Waals surface area contributed by atoms with Gasteiger partial charge in [-0.25, -0.2) is 4.79 Å². The van der Waals surface area contributed by atoms with Crippen LogP contribution in [0.5, 0.6) is 0 Å². The standard InChI is InChI=1S/C35H35N3O6S2/c1-2-44-35(43)31-27-18-19-38(21-23-10-5-3-6-11-23)22-28(27)46-34(31)37-33(42)32(24-12-7-4-8-13-24)45-26-15-9-14-25(20-26)36-29(39)16-17-30(40)41/h3-15,20,32H,2,16-19,21-22H2,1H3,(H,36,39)(H,37,42)(H,40,41). The molecule has 1 aliphatic rings. The summed E-state index contributed by atoms with van der Waals surface area (Å²) in [4.78, 5) is 54.5. The van der Waals surface area contributed by atoms with Crippen LogP contribution in [0.3, 0.4) is 0 Å². The van der Waals surface area contributed by atoms with Crippen LogP contribution in [0.2, 0.25) is 0 Å². The summed E-state index contributed by atoms with van der Waals surface area (Å²) in [5.41, 5.74) is 3.85. The summed E-state index contributed by atoms with van der Waals surface area (Å²) in [6.45, 7) is 4.23. The van der Waals surface area contributed by atoms with Gasteiger partial charge >= 0.3 is 11.9 Å². The van der Waals surface area contributed by atoms with Gasteiger partial charge in [-0.3, -0.25) is 19.3 Å². The first-order valence-corrected chi connectivity index (χ1v) is 16.7. The van der Waals surface area contributed by atoms with Crippen LogP contribution in [0.15, 0.2) is 89.8 Å². The van der Waals surface area contributed by atoms with Gasteiger partial charge in [0, 0.05) is 41.5 Å². The summed E-state index contributed by atoms with van der Waals surface area (Å²) in [5, 5.41) is 14.5. The van der Waals surface area contributed by atoms with Gasteiger partial charge in [-0.15, -0.1) is 23.1 Å². The van der Waals surface area contributed by atoms with Crippen molar-refractivity contribution in [1.82, 2.24) is 4.90 Å². The molecular formula is C35H35N3O6S2. The summed E-state index contributed by atoms with van der Waals surface area (Å²) >= 11 is 2.73. The molecule has 0 aliphatic carbocycles. The van der Waals surface area contributed by atoms with E-state index < -0.39 is 23.1 Å². The summed E-state index contributed by atoms with van der Waals surface area (Å²) in [6.07, 6.45) is 0.269. The van der Waals surface area contributed by atoms with Crippen molar-refractivity contribution < 1.29 is 29.0 Å². The van der Waals surface area contributed by atoms with Crippen molar-refractivity contribution in [2.75, 3.05) is 23.8 Å². The van der Waals surface area contributed by atoms with E-state index in [1.807, 2.05) is 54.6 Å². The average Bonchev–Trinajstić information content (AvgIpc) is 3.40. The lowest BCUT2D eigenvalue weighted by Crippen LogP contribution is -2.30. The number of thioether (sulfide) groups is 1. The number of thiophene rings is 1. The minimum atomic E-state index is -1.04. The second-order valence-corrected chi connectivity index (χ2v) is 13.0.